The fraction of sp³-hybridized carbons (Fsp3) is 0.367. The van der Waals surface area contributed by atoms with E-state index in [-0.39, 0.29) is 23.4 Å². The number of hydrogen-bond donors (Lipinski definition) is 3. The molecule has 1 amide bonds. The monoisotopic (exact) mass is 613 g/mol. The molecule has 5 rings (SSSR count). The Kier molecular flexibility index (Phi) is 9.24. The Morgan fingerprint density at radius 3 is 2.74 bits per heavy atom. The maximum atomic E-state index is 13.5. The summed E-state index contributed by atoms with van der Waals surface area (Å²) >= 11 is 6.19. The van der Waals surface area contributed by atoms with Gasteiger partial charge in [0.1, 0.15) is 11.4 Å². The highest BCUT2D eigenvalue weighted by Crippen LogP contribution is 2.35. The Morgan fingerprint density at radius 2 is 1.98 bits per heavy atom. The quantitative estimate of drug-likeness (QED) is 0.343. The molecule has 10 nitrogen and oxygen atoms in total. The van der Waals surface area contributed by atoms with Crippen molar-refractivity contribution in [1.82, 2.24) is 25.5 Å². The van der Waals surface area contributed by atoms with Crippen molar-refractivity contribution in [1.29, 1.82) is 0 Å². The molecule has 2 unspecified atom stereocenters. The lowest BCUT2D eigenvalue weighted by Gasteiger charge is -2.29. The molecular weight excluding hydrogens is 578 g/mol. The van der Waals surface area contributed by atoms with E-state index in [1.165, 1.54) is 18.4 Å². The van der Waals surface area contributed by atoms with Crippen molar-refractivity contribution in [2.45, 2.75) is 45.3 Å². The van der Waals surface area contributed by atoms with Crippen LogP contribution in [0.4, 0.5) is 0 Å². The third kappa shape index (κ3) is 6.99. The number of ether oxygens (including phenoxy) is 1. The number of carbonyl (C=O) groups excluding carboxylic acids is 1. The lowest BCUT2D eigenvalue weighted by molar-refractivity contribution is -0.122. The first kappa shape index (κ1) is 30.1. The van der Waals surface area contributed by atoms with Gasteiger partial charge in [0.25, 0.3) is 10.0 Å². The normalized spacial score (nSPS) is 18.8. The minimum Gasteiger partial charge on any atom is -0.493 e. The average molecular weight is 614 g/mol. The van der Waals surface area contributed by atoms with Gasteiger partial charge in [0.2, 0.25) is 5.91 Å². The third-order valence-electron chi connectivity index (χ3n) is 7.12. The second-order valence-corrected chi connectivity index (χ2v) is 13.1. The van der Waals surface area contributed by atoms with Gasteiger partial charge >= 0.3 is 0 Å². The standard InChI is InChI=1S/C30H36ClN5O5S/c1-20(2)18-35(3)19-21-9-10-23-25(13-14-40-28(23)15-21)33-29(37)16-26(22-7-5-4-6-8-22)34-42(38,39)30-12-11-24(31)27-17-32-41-36(27)30/h4-12,15,17,20,25-26,32,34H,13-14,16,18-19H2,1-3H3,(H,33,37). The molecule has 0 fully saturated rings. The molecule has 224 valence electrons. The number of rotatable bonds is 11. The highest BCUT2D eigenvalue weighted by Gasteiger charge is 2.36. The Bertz CT molecular complexity index is 1510. The van der Waals surface area contributed by atoms with Crippen LogP contribution in [-0.4, -0.2) is 44.5 Å². The van der Waals surface area contributed by atoms with Crippen LogP contribution < -0.4 is 20.3 Å². The van der Waals surface area contributed by atoms with E-state index < -0.39 is 16.1 Å². The number of nitrogens with zero attached hydrogens (tertiary/aromatic N) is 2. The van der Waals surface area contributed by atoms with E-state index in [2.05, 4.69) is 47.4 Å². The van der Waals surface area contributed by atoms with Gasteiger partial charge in [-0.05, 0) is 42.3 Å². The molecule has 3 N–H and O–H groups in total. The SMILES string of the molecule is CC(C)CN(C)Cc1ccc2c(c1)OCCC2NC(=O)CC(NS(=O)(=O)C1=CC=C(Cl)C2=CNON21)c1ccccc1. The van der Waals surface area contributed by atoms with Gasteiger partial charge in [0, 0.05) is 31.5 Å². The topological polar surface area (TPSA) is 112 Å². The van der Waals surface area contributed by atoms with Crippen molar-refractivity contribution in [2.24, 2.45) is 5.92 Å². The van der Waals surface area contributed by atoms with Gasteiger partial charge in [-0.2, -0.15) is 10.0 Å². The molecule has 0 bridgehead atoms. The summed E-state index contributed by atoms with van der Waals surface area (Å²) in [4.78, 5) is 21.0. The van der Waals surface area contributed by atoms with Crippen LogP contribution in [0.2, 0.25) is 0 Å². The summed E-state index contributed by atoms with van der Waals surface area (Å²) in [5.74, 6) is 1.05. The van der Waals surface area contributed by atoms with Crippen LogP contribution in [0.1, 0.15) is 55.5 Å². The van der Waals surface area contributed by atoms with Crippen molar-refractivity contribution < 1.29 is 22.9 Å². The predicted octanol–water partition coefficient (Wildman–Crippen LogP) is 4.34. The molecule has 0 spiro atoms. The van der Waals surface area contributed by atoms with E-state index in [1.807, 2.05) is 18.2 Å². The number of fused-ring (bicyclic) bond motifs is 2. The number of sulfonamides is 1. The lowest BCUT2D eigenvalue weighted by Crippen LogP contribution is -2.39. The summed E-state index contributed by atoms with van der Waals surface area (Å²) in [7, 11) is -2.03. The van der Waals surface area contributed by atoms with Crippen LogP contribution in [0, 0.1) is 5.92 Å². The Morgan fingerprint density at radius 1 is 1.19 bits per heavy atom. The largest absolute Gasteiger partial charge is 0.493 e. The Balaban J connectivity index is 1.30. The summed E-state index contributed by atoms with van der Waals surface area (Å²) in [6.45, 7) is 6.66. The lowest BCUT2D eigenvalue weighted by atomic mass is 9.97. The smallest absolute Gasteiger partial charge is 0.259 e. The molecule has 42 heavy (non-hydrogen) atoms. The van der Waals surface area contributed by atoms with Gasteiger partial charge in [-0.25, -0.2) is 18.6 Å². The Hall–Kier alpha value is -3.35. The summed E-state index contributed by atoms with van der Waals surface area (Å²) in [6.07, 6.45) is 4.80. The van der Waals surface area contributed by atoms with Crippen LogP contribution in [0.5, 0.6) is 5.75 Å². The summed E-state index contributed by atoms with van der Waals surface area (Å²) < 4.78 is 35.7. The molecule has 0 saturated carbocycles. The van der Waals surface area contributed by atoms with Gasteiger partial charge in [-0.15, -0.1) is 0 Å². The van der Waals surface area contributed by atoms with Crippen molar-refractivity contribution in [2.75, 3.05) is 20.2 Å². The van der Waals surface area contributed by atoms with Crippen LogP contribution in [0.3, 0.4) is 0 Å². The van der Waals surface area contributed by atoms with Gasteiger partial charge in [-0.1, -0.05) is 67.9 Å². The number of carbonyl (C=O) groups is 1. The van der Waals surface area contributed by atoms with Crippen LogP contribution in [-0.2, 0) is 26.3 Å². The van der Waals surface area contributed by atoms with Gasteiger partial charge in [0.15, 0.2) is 5.03 Å². The fourth-order valence-electron chi connectivity index (χ4n) is 5.35. The molecular formula is C30H36ClN5O5S. The molecule has 3 aliphatic heterocycles. The highest BCUT2D eigenvalue weighted by molar-refractivity contribution is 7.93. The van der Waals surface area contributed by atoms with Crippen molar-refractivity contribution in [3.63, 3.8) is 0 Å². The average Bonchev–Trinajstić information content (AvgIpc) is 3.43. The first-order chi connectivity index (χ1) is 20.1. The fourth-order valence-corrected chi connectivity index (χ4v) is 6.86. The zero-order chi connectivity index (χ0) is 29.9. The van der Waals surface area contributed by atoms with E-state index in [1.54, 1.807) is 24.3 Å². The summed E-state index contributed by atoms with van der Waals surface area (Å²) in [6, 6.07) is 14.1. The molecule has 3 aliphatic rings. The second kappa shape index (κ2) is 12.9. The Labute approximate surface area is 252 Å². The van der Waals surface area contributed by atoms with E-state index in [4.69, 9.17) is 21.3 Å². The molecule has 12 heteroatoms. The number of hydrogen-bond acceptors (Lipinski definition) is 8. The maximum absolute atomic E-state index is 13.5. The van der Waals surface area contributed by atoms with E-state index in [9.17, 15) is 13.2 Å². The number of amides is 1. The molecule has 2 aromatic rings. The number of allylic oxidation sites excluding steroid dienone is 3. The number of nitrogens with one attached hydrogen (secondary N) is 3. The zero-order valence-electron chi connectivity index (χ0n) is 23.8. The number of halogens is 1. The van der Waals surface area contributed by atoms with Gasteiger partial charge in [0.05, 0.1) is 29.9 Å². The first-order valence-corrected chi connectivity index (χ1v) is 15.8. The minimum absolute atomic E-state index is 0.111. The van der Waals surface area contributed by atoms with Crippen molar-refractivity contribution in [3.8, 4) is 5.75 Å². The molecule has 2 atom stereocenters. The zero-order valence-corrected chi connectivity index (χ0v) is 25.4. The summed E-state index contributed by atoms with van der Waals surface area (Å²) in [5.41, 5.74) is 5.59. The third-order valence-corrected chi connectivity index (χ3v) is 8.89. The van der Waals surface area contributed by atoms with Crippen molar-refractivity contribution in [3.05, 3.63) is 99.3 Å². The predicted molar refractivity (Wildman–Crippen MR) is 161 cm³/mol. The molecule has 0 aliphatic carbocycles. The second-order valence-electron chi connectivity index (χ2n) is 11.1. The van der Waals surface area contributed by atoms with Gasteiger partial charge in [-0.3, -0.25) is 4.79 Å². The van der Waals surface area contributed by atoms with Crippen molar-refractivity contribution >= 4 is 27.5 Å². The highest BCUT2D eigenvalue weighted by atomic mass is 35.5. The van der Waals surface area contributed by atoms with E-state index >= 15 is 0 Å². The van der Waals surface area contributed by atoms with Crippen LogP contribution >= 0.6 is 11.6 Å². The summed E-state index contributed by atoms with van der Waals surface area (Å²) in [5, 5.41) is 4.38. The molecule has 3 heterocycles. The van der Waals surface area contributed by atoms with Crippen LogP contribution in [0.25, 0.3) is 0 Å². The molecule has 0 radical (unpaired) electrons. The first-order valence-electron chi connectivity index (χ1n) is 13.9. The van der Waals surface area contributed by atoms with E-state index in [0.29, 0.717) is 35.2 Å². The minimum atomic E-state index is -4.13. The van der Waals surface area contributed by atoms with E-state index in [0.717, 1.165) is 35.0 Å². The number of benzene rings is 2. The maximum Gasteiger partial charge on any atom is 0.259 e. The van der Waals surface area contributed by atoms with Crippen LogP contribution in [0.15, 0.2) is 82.6 Å². The van der Waals surface area contributed by atoms with Gasteiger partial charge < -0.3 is 15.0 Å². The molecule has 0 saturated heterocycles. The molecule has 0 aromatic heterocycles. The number of hydroxylamine groups is 3. The molecule has 2 aromatic carbocycles.